The van der Waals surface area contributed by atoms with Crippen molar-refractivity contribution in [2.75, 3.05) is 9.80 Å². The van der Waals surface area contributed by atoms with Crippen LogP contribution in [0.25, 0.3) is 0 Å². The first-order valence-corrected chi connectivity index (χ1v) is 14.3. The lowest BCUT2D eigenvalue weighted by molar-refractivity contribution is -0.125. The van der Waals surface area contributed by atoms with E-state index in [0.29, 0.717) is 22.9 Å². The molecule has 4 rings (SSSR count). The highest BCUT2D eigenvalue weighted by Crippen LogP contribution is 2.34. The fourth-order valence-electron chi connectivity index (χ4n) is 4.06. The van der Waals surface area contributed by atoms with Crippen LogP contribution in [-0.4, -0.2) is 23.6 Å². The normalized spacial score (nSPS) is 10.5. The van der Waals surface area contributed by atoms with Gasteiger partial charge in [0.25, 0.3) is 0 Å². The molecule has 0 heterocycles. The fourth-order valence-corrected chi connectivity index (χ4v) is 5.69. The van der Waals surface area contributed by atoms with E-state index >= 15 is 0 Å². The molecule has 208 valence electrons. The Bertz CT molecular complexity index is 1410. The Morgan fingerprint density at radius 3 is 0.927 bits per heavy atom. The zero-order valence-electron chi connectivity index (χ0n) is 23.0. The molecular weight excluding hydrogens is 556 g/mol. The van der Waals surface area contributed by atoms with Crippen LogP contribution in [0, 0.1) is 0 Å². The molecule has 0 radical (unpaired) electrons. The van der Waals surface area contributed by atoms with Crippen LogP contribution in [-0.2, 0) is 19.2 Å². The Morgan fingerprint density at radius 1 is 0.439 bits per heavy atom. The molecular formula is C32H28N2O5S2. The Hall–Kier alpha value is -4.34. The van der Waals surface area contributed by atoms with Gasteiger partial charge < -0.3 is 4.74 Å². The minimum Gasteiger partial charge on any atom is -0.457 e. The van der Waals surface area contributed by atoms with Crippen molar-refractivity contribution in [2.45, 2.75) is 47.3 Å². The third-order valence-electron chi connectivity index (χ3n) is 5.80. The van der Waals surface area contributed by atoms with Crippen molar-refractivity contribution in [1.82, 2.24) is 0 Å². The predicted molar refractivity (Wildman–Crippen MR) is 162 cm³/mol. The fraction of sp³-hybridized carbons (Fsp3) is 0.125. The quantitative estimate of drug-likeness (QED) is 0.211. The number of hydrogen-bond acceptors (Lipinski definition) is 7. The molecule has 0 aromatic heterocycles. The largest absolute Gasteiger partial charge is 0.457 e. The monoisotopic (exact) mass is 584 g/mol. The van der Waals surface area contributed by atoms with E-state index in [1.165, 1.54) is 27.7 Å². The summed E-state index contributed by atoms with van der Waals surface area (Å²) in [5.74, 6) is 0.145. The van der Waals surface area contributed by atoms with Crippen LogP contribution in [0.5, 0.6) is 11.5 Å². The standard InChI is InChI=1S/C32H28N2O5S2/c1-21(35)33(22(2)36)25-5-13-29(14-6-25)40-31-17-9-27(10-18-31)39-28-11-19-32(20-12-28)41-30-15-7-26(8-16-30)34(23(3)37)24(4)38/h5-20H,1-4H3. The lowest BCUT2D eigenvalue weighted by Crippen LogP contribution is -2.32. The van der Waals surface area contributed by atoms with Crippen LogP contribution in [0.15, 0.2) is 117 Å². The Labute approximate surface area is 247 Å². The van der Waals surface area contributed by atoms with E-state index in [0.717, 1.165) is 29.4 Å². The summed E-state index contributed by atoms with van der Waals surface area (Å²) in [6, 6.07) is 30.0. The number of nitrogens with zero attached hydrogens (tertiary/aromatic N) is 2. The Balaban J connectivity index is 1.33. The van der Waals surface area contributed by atoms with E-state index in [-0.39, 0.29) is 23.6 Å². The zero-order valence-corrected chi connectivity index (χ0v) is 24.6. The first-order valence-electron chi connectivity index (χ1n) is 12.7. The second-order valence-corrected chi connectivity index (χ2v) is 11.3. The molecule has 0 saturated carbocycles. The van der Waals surface area contributed by atoms with E-state index in [2.05, 4.69) is 0 Å². The third kappa shape index (κ3) is 7.87. The highest BCUT2D eigenvalue weighted by atomic mass is 32.2. The van der Waals surface area contributed by atoms with Crippen molar-refractivity contribution >= 4 is 58.5 Å². The van der Waals surface area contributed by atoms with Gasteiger partial charge in [-0.15, -0.1) is 0 Å². The number of rotatable bonds is 8. The van der Waals surface area contributed by atoms with Gasteiger partial charge in [-0.1, -0.05) is 23.5 Å². The number of anilines is 2. The van der Waals surface area contributed by atoms with Crippen molar-refractivity contribution in [1.29, 1.82) is 0 Å². The van der Waals surface area contributed by atoms with Gasteiger partial charge in [-0.25, -0.2) is 0 Å². The molecule has 9 heteroatoms. The maximum Gasteiger partial charge on any atom is 0.230 e. The SMILES string of the molecule is CC(=O)N(C(C)=O)c1ccc(Sc2ccc(Oc3ccc(Sc4ccc(N(C(C)=O)C(C)=O)cc4)cc3)cc2)cc1. The molecule has 0 N–H and O–H groups in total. The number of carbonyl (C=O) groups excluding carboxylic acids is 4. The predicted octanol–water partition coefficient (Wildman–Crippen LogP) is 7.58. The van der Waals surface area contributed by atoms with Crippen LogP contribution < -0.4 is 14.5 Å². The van der Waals surface area contributed by atoms with Crippen LogP contribution in [0.4, 0.5) is 11.4 Å². The van der Waals surface area contributed by atoms with Gasteiger partial charge in [0.15, 0.2) is 0 Å². The van der Waals surface area contributed by atoms with Crippen molar-refractivity contribution in [3.8, 4) is 11.5 Å². The van der Waals surface area contributed by atoms with E-state index in [9.17, 15) is 19.2 Å². The summed E-state index contributed by atoms with van der Waals surface area (Å²) >= 11 is 3.13. The van der Waals surface area contributed by atoms with E-state index in [1.54, 1.807) is 47.8 Å². The maximum atomic E-state index is 11.7. The molecule has 4 amide bonds. The number of benzene rings is 4. The maximum absolute atomic E-state index is 11.7. The molecule has 4 aromatic carbocycles. The molecule has 0 spiro atoms. The minimum absolute atomic E-state index is 0.318. The van der Waals surface area contributed by atoms with Gasteiger partial charge in [-0.2, -0.15) is 0 Å². The topological polar surface area (TPSA) is 84.0 Å². The zero-order chi connectivity index (χ0) is 29.5. The summed E-state index contributed by atoms with van der Waals surface area (Å²) in [7, 11) is 0. The van der Waals surface area contributed by atoms with Gasteiger partial charge in [0.1, 0.15) is 11.5 Å². The van der Waals surface area contributed by atoms with E-state index < -0.39 is 0 Å². The van der Waals surface area contributed by atoms with Crippen LogP contribution in [0.2, 0.25) is 0 Å². The highest BCUT2D eigenvalue weighted by molar-refractivity contribution is 7.99. The summed E-state index contributed by atoms with van der Waals surface area (Å²) in [5.41, 5.74) is 1.09. The second-order valence-electron chi connectivity index (χ2n) is 8.98. The summed E-state index contributed by atoms with van der Waals surface area (Å²) in [6.45, 7) is 5.47. The minimum atomic E-state index is -0.318. The first-order chi connectivity index (χ1) is 19.6. The van der Waals surface area contributed by atoms with Crippen LogP contribution >= 0.6 is 23.5 Å². The smallest absolute Gasteiger partial charge is 0.230 e. The van der Waals surface area contributed by atoms with Gasteiger partial charge in [-0.05, 0) is 97.1 Å². The molecule has 0 aliphatic carbocycles. The van der Waals surface area contributed by atoms with E-state index in [4.69, 9.17) is 4.74 Å². The molecule has 0 unspecified atom stereocenters. The van der Waals surface area contributed by atoms with Gasteiger partial charge >= 0.3 is 0 Å². The molecule has 7 nitrogen and oxygen atoms in total. The van der Waals surface area contributed by atoms with Crippen molar-refractivity contribution in [2.24, 2.45) is 0 Å². The van der Waals surface area contributed by atoms with Gasteiger partial charge in [0.2, 0.25) is 23.6 Å². The lowest BCUT2D eigenvalue weighted by atomic mass is 10.3. The number of imide groups is 2. The summed E-state index contributed by atoms with van der Waals surface area (Å²) in [4.78, 5) is 53.3. The number of amides is 4. The van der Waals surface area contributed by atoms with Crippen molar-refractivity contribution < 1.29 is 23.9 Å². The molecule has 0 atom stereocenters. The Morgan fingerprint density at radius 2 is 0.683 bits per heavy atom. The van der Waals surface area contributed by atoms with Crippen molar-refractivity contribution in [3.63, 3.8) is 0 Å². The number of carbonyl (C=O) groups is 4. The Kier molecular flexibility index (Phi) is 9.65. The average molecular weight is 585 g/mol. The molecule has 0 aliphatic heterocycles. The summed E-state index contributed by atoms with van der Waals surface area (Å²) in [5, 5.41) is 0. The molecule has 0 bridgehead atoms. The van der Waals surface area contributed by atoms with Crippen molar-refractivity contribution in [3.05, 3.63) is 97.1 Å². The summed E-state index contributed by atoms with van der Waals surface area (Å²) < 4.78 is 6.01. The molecule has 4 aromatic rings. The molecule has 41 heavy (non-hydrogen) atoms. The molecule has 0 aliphatic rings. The highest BCUT2D eigenvalue weighted by Gasteiger charge is 2.17. The third-order valence-corrected chi connectivity index (χ3v) is 7.84. The van der Waals surface area contributed by atoms with Crippen LogP contribution in [0.3, 0.4) is 0 Å². The van der Waals surface area contributed by atoms with Gasteiger partial charge in [-0.3, -0.25) is 29.0 Å². The molecule has 0 saturated heterocycles. The lowest BCUT2D eigenvalue weighted by Gasteiger charge is -2.17. The summed E-state index contributed by atoms with van der Waals surface area (Å²) in [6.07, 6.45) is 0. The molecule has 0 fully saturated rings. The van der Waals surface area contributed by atoms with Crippen LogP contribution in [0.1, 0.15) is 27.7 Å². The van der Waals surface area contributed by atoms with Gasteiger partial charge in [0, 0.05) is 47.3 Å². The first kappa shape index (κ1) is 29.6. The number of ether oxygens (including phenoxy) is 1. The van der Waals surface area contributed by atoms with Gasteiger partial charge in [0.05, 0.1) is 11.4 Å². The number of hydrogen-bond donors (Lipinski definition) is 0. The average Bonchev–Trinajstić information content (AvgIpc) is 2.92. The second kappa shape index (κ2) is 13.3. The van der Waals surface area contributed by atoms with E-state index in [1.807, 2.05) is 72.8 Å².